The molecular formula is C14H9BrClFO. The van der Waals surface area contributed by atoms with E-state index in [2.05, 4.69) is 15.9 Å². The molecule has 0 amide bonds. The fraction of sp³-hybridized carbons (Fsp3) is 0.0714. The summed E-state index contributed by atoms with van der Waals surface area (Å²) in [6.07, 6.45) is 0. The van der Waals surface area contributed by atoms with Crippen LogP contribution < -0.4 is 0 Å². The third-order valence-corrected chi connectivity index (χ3v) is 3.40. The molecule has 0 spiro atoms. The zero-order valence-electron chi connectivity index (χ0n) is 9.51. The lowest BCUT2D eigenvalue weighted by Gasteiger charge is -2.06. The number of benzene rings is 2. The van der Waals surface area contributed by atoms with Crippen molar-refractivity contribution in [3.63, 3.8) is 0 Å². The van der Waals surface area contributed by atoms with Crippen LogP contribution in [-0.4, -0.2) is 5.78 Å². The van der Waals surface area contributed by atoms with Gasteiger partial charge in [-0.1, -0.05) is 27.5 Å². The fourth-order valence-electron chi connectivity index (χ4n) is 1.67. The van der Waals surface area contributed by atoms with Gasteiger partial charge in [-0.05, 0) is 48.9 Å². The highest BCUT2D eigenvalue weighted by Crippen LogP contribution is 2.22. The van der Waals surface area contributed by atoms with E-state index in [0.29, 0.717) is 11.1 Å². The molecule has 0 aliphatic carbocycles. The summed E-state index contributed by atoms with van der Waals surface area (Å²) in [5.41, 5.74) is 1.82. The van der Waals surface area contributed by atoms with Crippen molar-refractivity contribution in [1.82, 2.24) is 0 Å². The SMILES string of the molecule is Cc1cc(Br)ccc1C(=O)c1ccc(F)c(Cl)c1. The molecule has 0 unspecified atom stereocenters. The maximum atomic E-state index is 13.0. The zero-order chi connectivity index (χ0) is 13.3. The van der Waals surface area contributed by atoms with Crippen molar-refractivity contribution in [2.24, 2.45) is 0 Å². The lowest BCUT2D eigenvalue weighted by molar-refractivity contribution is 0.103. The van der Waals surface area contributed by atoms with Gasteiger partial charge in [0, 0.05) is 15.6 Å². The monoisotopic (exact) mass is 326 g/mol. The fourth-order valence-corrected chi connectivity index (χ4v) is 2.33. The molecule has 0 aliphatic rings. The number of hydrogen-bond acceptors (Lipinski definition) is 1. The summed E-state index contributed by atoms with van der Waals surface area (Å²) >= 11 is 9.02. The van der Waals surface area contributed by atoms with Crippen LogP contribution in [0, 0.1) is 12.7 Å². The first-order chi connectivity index (χ1) is 8.49. The Morgan fingerprint density at radius 2 is 1.94 bits per heavy atom. The Hall–Kier alpha value is -1.19. The summed E-state index contributed by atoms with van der Waals surface area (Å²) in [5.74, 6) is -0.692. The van der Waals surface area contributed by atoms with Gasteiger partial charge in [-0.15, -0.1) is 0 Å². The molecule has 92 valence electrons. The summed E-state index contributed by atoms with van der Waals surface area (Å²) < 4.78 is 14.0. The molecule has 2 aromatic carbocycles. The number of carbonyl (C=O) groups excluding carboxylic acids is 1. The second-order valence-corrected chi connectivity index (χ2v) is 5.24. The zero-order valence-corrected chi connectivity index (χ0v) is 11.8. The van der Waals surface area contributed by atoms with E-state index in [0.717, 1.165) is 10.0 Å². The molecule has 2 rings (SSSR count). The summed E-state index contributed by atoms with van der Waals surface area (Å²) in [7, 11) is 0. The number of halogens is 3. The minimum absolute atomic E-state index is 0.0457. The lowest BCUT2D eigenvalue weighted by Crippen LogP contribution is -2.04. The maximum absolute atomic E-state index is 13.0. The van der Waals surface area contributed by atoms with Gasteiger partial charge in [-0.25, -0.2) is 4.39 Å². The molecule has 0 bridgehead atoms. The van der Waals surface area contributed by atoms with Gasteiger partial charge in [0.1, 0.15) is 5.82 Å². The molecule has 4 heteroatoms. The Kier molecular flexibility index (Phi) is 3.83. The van der Waals surface area contributed by atoms with Crippen molar-refractivity contribution in [2.45, 2.75) is 6.92 Å². The third-order valence-electron chi connectivity index (χ3n) is 2.61. The summed E-state index contributed by atoms with van der Waals surface area (Å²) in [6, 6.07) is 9.37. The second kappa shape index (κ2) is 5.21. The quantitative estimate of drug-likeness (QED) is 0.725. The molecular weight excluding hydrogens is 319 g/mol. The van der Waals surface area contributed by atoms with E-state index in [9.17, 15) is 9.18 Å². The molecule has 1 nitrogen and oxygen atoms in total. The molecule has 0 radical (unpaired) electrons. The Morgan fingerprint density at radius 1 is 1.22 bits per heavy atom. The molecule has 0 saturated heterocycles. The predicted molar refractivity (Wildman–Crippen MR) is 73.7 cm³/mol. The molecule has 0 heterocycles. The van der Waals surface area contributed by atoms with Gasteiger partial charge < -0.3 is 0 Å². The standard InChI is InChI=1S/C14H9BrClFO/c1-8-6-10(15)3-4-11(8)14(18)9-2-5-13(17)12(16)7-9/h2-7H,1H3. The third kappa shape index (κ3) is 2.62. The van der Waals surface area contributed by atoms with E-state index in [1.807, 2.05) is 13.0 Å². The van der Waals surface area contributed by atoms with Crippen LogP contribution in [-0.2, 0) is 0 Å². The average molecular weight is 328 g/mol. The minimum atomic E-state index is -0.527. The Labute approximate surface area is 118 Å². The number of rotatable bonds is 2. The highest BCUT2D eigenvalue weighted by molar-refractivity contribution is 9.10. The van der Waals surface area contributed by atoms with Crippen LogP contribution >= 0.6 is 27.5 Å². The molecule has 0 fully saturated rings. The molecule has 0 aromatic heterocycles. The highest BCUT2D eigenvalue weighted by Gasteiger charge is 2.13. The van der Waals surface area contributed by atoms with Crippen LogP contribution in [0.3, 0.4) is 0 Å². The van der Waals surface area contributed by atoms with Gasteiger partial charge in [0.25, 0.3) is 0 Å². The van der Waals surface area contributed by atoms with Crippen LogP contribution in [0.15, 0.2) is 40.9 Å². The smallest absolute Gasteiger partial charge is 0.193 e. The van der Waals surface area contributed by atoms with Crippen LogP contribution in [0.5, 0.6) is 0 Å². The molecule has 0 atom stereocenters. The van der Waals surface area contributed by atoms with E-state index < -0.39 is 5.82 Å². The Balaban J connectivity index is 2.44. The molecule has 0 aliphatic heterocycles. The van der Waals surface area contributed by atoms with Gasteiger partial charge in [0.15, 0.2) is 5.78 Å². The Bertz CT molecular complexity index is 625. The number of hydrogen-bond donors (Lipinski definition) is 0. The lowest BCUT2D eigenvalue weighted by atomic mass is 9.99. The van der Waals surface area contributed by atoms with Crippen LogP contribution in [0.25, 0.3) is 0 Å². The van der Waals surface area contributed by atoms with Crippen molar-refractivity contribution in [3.05, 3.63) is 68.4 Å². The van der Waals surface area contributed by atoms with Gasteiger partial charge in [0.05, 0.1) is 5.02 Å². The van der Waals surface area contributed by atoms with Crippen molar-refractivity contribution >= 4 is 33.3 Å². The van der Waals surface area contributed by atoms with Crippen molar-refractivity contribution < 1.29 is 9.18 Å². The topological polar surface area (TPSA) is 17.1 Å². The molecule has 0 saturated carbocycles. The summed E-state index contributed by atoms with van der Waals surface area (Å²) in [6.45, 7) is 1.85. The molecule has 0 N–H and O–H groups in total. The van der Waals surface area contributed by atoms with Crippen LogP contribution in [0.4, 0.5) is 4.39 Å². The first-order valence-electron chi connectivity index (χ1n) is 5.25. The minimum Gasteiger partial charge on any atom is -0.289 e. The van der Waals surface area contributed by atoms with Crippen LogP contribution in [0.2, 0.25) is 5.02 Å². The predicted octanol–water partition coefficient (Wildman–Crippen LogP) is 4.78. The normalized spacial score (nSPS) is 10.4. The van der Waals surface area contributed by atoms with Crippen molar-refractivity contribution in [2.75, 3.05) is 0 Å². The van der Waals surface area contributed by atoms with Gasteiger partial charge in [0.2, 0.25) is 0 Å². The maximum Gasteiger partial charge on any atom is 0.193 e. The van der Waals surface area contributed by atoms with Crippen molar-refractivity contribution in [1.29, 1.82) is 0 Å². The molecule has 18 heavy (non-hydrogen) atoms. The van der Waals surface area contributed by atoms with E-state index in [4.69, 9.17) is 11.6 Å². The van der Waals surface area contributed by atoms with Gasteiger partial charge >= 0.3 is 0 Å². The summed E-state index contributed by atoms with van der Waals surface area (Å²) in [4.78, 5) is 12.2. The van der Waals surface area contributed by atoms with E-state index in [-0.39, 0.29) is 10.8 Å². The van der Waals surface area contributed by atoms with E-state index in [1.165, 1.54) is 18.2 Å². The second-order valence-electron chi connectivity index (χ2n) is 3.92. The average Bonchev–Trinajstić information content (AvgIpc) is 2.32. The van der Waals surface area contributed by atoms with Gasteiger partial charge in [-0.2, -0.15) is 0 Å². The number of carbonyl (C=O) groups is 1. The highest BCUT2D eigenvalue weighted by atomic mass is 79.9. The van der Waals surface area contributed by atoms with E-state index in [1.54, 1.807) is 12.1 Å². The first kappa shape index (κ1) is 13.2. The first-order valence-corrected chi connectivity index (χ1v) is 6.42. The van der Waals surface area contributed by atoms with E-state index >= 15 is 0 Å². The summed E-state index contributed by atoms with van der Waals surface area (Å²) in [5, 5.41) is -0.0457. The van der Waals surface area contributed by atoms with Crippen molar-refractivity contribution in [3.8, 4) is 0 Å². The number of aryl methyl sites for hydroxylation is 1. The van der Waals surface area contributed by atoms with Gasteiger partial charge in [-0.3, -0.25) is 4.79 Å². The van der Waals surface area contributed by atoms with Crippen LogP contribution in [0.1, 0.15) is 21.5 Å². The Morgan fingerprint density at radius 3 is 2.56 bits per heavy atom. The largest absolute Gasteiger partial charge is 0.289 e. The number of ketones is 1. The molecule has 2 aromatic rings.